The molecule has 0 aliphatic carbocycles. The van der Waals surface area contributed by atoms with Gasteiger partial charge >= 0.3 is 0 Å². The zero-order valence-corrected chi connectivity index (χ0v) is 22.1. The average Bonchev–Trinajstić information content (AvgIpc) is 3.31. The van der Waals surface area contributed by atoms with E-state index in [1.165, 1.54) is 17.3 Å². The van der Waals surface area contributed by atoms with Gasteiger partial charge in [-0.05, 0) is 41.3 Å². The van der Waals surface area contributed by atoms with Crippen LogP contribution in [0.25, 0.3) is 11.4 Å². The molecule has 2 aromatic heterocycles. The van der Waals surface area contributed by atoms with E-state index in [0.717, 1.165) is 23.8 Å². The van der Waals surface area contributed by atoms with Gasteiger partial charge in [-0.1, -0.05) is 51.1 Å². The van der Waals surface area contributed by atoms with Crippen molar-refractivity contribution in [1.82, 2.24) is 24.6 Å². The van der Waals surface area contributed by atoms with Crippen molar-refractivity contribution in [3.8, 4) is 11.4 Å². The van der Waals surface area contributed by atoms with Crippen LogP contribution in [-0.2, 0) is 6.54 Å². The Morgan fingerprint density at radius 1 is 1.08 bits per heavy atom. The number of carbonyl (C=O) groups excluding carboxylic acids is 1. The first-order chi connectivity index (χ1) is 18.6. The number of hydrogen-bond donors (Lipinski definition) is 1. The van der Waals surface area contributed by atoms with E-state index in [1.807, 2.05) is 51.1 Å². The van der Waals surface area contributed by atoms with Crippen LogP contribution in [0.5, 0.6) is 0 Å². The van der Waals surface area contributed by atoms with Gasteiger partial charge in [-0.2, -0.15) is 5.10 Å². The van der Waals surface area contributed by atoms with E-state index in [0.29, 0.717) is 5.82 Å². The molecule has 39 heavy (non-hydrogen) atoms. The lowest BCUT2D eigenvalue weighted by Crippen LogP contribution is -2.46. The molecule has 0 radical (unpaired) electrons. The van der Waals surface area contributed by atoms with E-state index in [1.54, 1.807) is 16.8 Å². The maximum absolute atomic E-state index is 14.9. The molecule has 0 spiro atoms. The summed E-state index contributed by atoms with van der Waals surface area (Å²) in [4.78, 5) is 23.9. The second kappa shape index (κ2) is 11.8. The summed E-state index contributed by atoms with van der Waals surface area (Å²) < 4.78 is 45.3. The van der Waals surface area contributed by atoms with E-state index in [9.17, 15) is 18.0 Å². The minimum atomic E-state index is -1.51. The molecule has 1 amide bonds. The quantitative estimate of drug-likeness (QED) is 0.318. The lowest BCUT2D eigenvalue weighted by Gasteiger charge is -2.40. The van der Waals surface area contributed by atoms with E-state index in [-0.39, 0.29) is 36.6 Å². The predicted octanol–water partition coefficient (Wildman–Crippen LogP) is 5.19. The van der Waals surface area contributed by atoms with Crippen LogP contribution in [-0.4, -0.2) is 49.8 Å². The van der Waals surface area contributed by atoms with Crippen molar-refractivity contribution in [3.05, 3.63) is 102 Å². The number of carbonyl (C=O) groups is 1. The Balaban J connectivity index is 1.92. The third-order valence-electron chi connectivity index (χ3n) is 6.24. The lowest BCUT2D eigenvalue weighted by atomic mass is 9.84. The molecule has 2 aromatic carbocycles. The van der Waals surface area contributed by atoms with Gasteiger partial charge in [-0.3, -0.25) is 9.78 Å². The smallest absolute Gasteiger partial charge is 0.256 e. The fourth-order valence-corrected chi connectivity index (χ4v) is 4.45. The highest BCUT2D eigenvalue weighted by atomic mass is 19.1. The fraction of sp³-hybridized carbons (Fsp3) is 0.310. The molecule has 204 valence electrons. The molecular formula is C29H31F3N6O. The normalized spacial score (nSPS) is 13.2. The van der Waals surface area contributed by atoms with Gasteiger partial charge in [-0.25, -0.2) is 22.8 Å². The van der Waals surface area contributed by atoms with Gasteiger partial charge in [0.1, 0.15) is 17.8 Å². The maximum atomic E-state index is 14.9. The van der Waals surface area contributed by atoms with Crippen molar-refractivity contribution >= 4 is 5.91 Å². The van der Waals surface area contributed by atoms with E-state index >= 15 is 0 Å². The zero-order valence-electron chi connectivity index (χ0n) is 22.1. The van der Waals surface area contributed by atoms with Crippen molar-refractivity contribution in [2.24, 2.45) is 11.1 Å². The second-order valence-electron chi connectivity index (χ2n) is 10.4. The Morgan fingerprint density at radius 2 is 1.82 bits per heavy atom. The summed E-state index contributed by atoms with van der Waals surface area (Å²) in [5, 5.41) is 4.56. The minimum Gasteiger partial charge on any atom is -0.328 e. The number of benzene rings is 2. The number of halogens is 3. The molecule has 4 rings (SSSR count). The summed E-state index contributed by atoms with van der Waals surface area (Å²) in [6.07, 6.45) is 1.44. The number of aromatic nitrogens is 4. The summed E-state index contributed by atoms with van der Waals surface area (Å²) in [7, 11) is 0. The third-order valence-corrected chi connectivity index (χ3v) is 6.24. The molecule has 10 heteroatoms. The van der Waals surface area contributed by atoms with Crippen molar-refractivity contribution in [2.45, 2.75) is 39.5 Å². The highest BCUT2D eigenvalue weighted by molar-refractivity contribution is 5.94. The van der Waals surface area contributed by atoms with Gasteiger partial charge in [0.2, 0.25) is 0 Å². The minimum absolute atomic E-state index is 0.0448. The number of alkyl halides is 1. The Hall–Kier alpha value is -4.05. The van der Waals surface area contributed by atoms with Gasteiger partial charge < -0.3 is 10.6 Å². The van der Waals surface area contributed by atoms with Crippen LogP contribution in [0, 0.1) is 17.0 Å². The van der Waals surface area contributed by atoms with E-state index < -0.39 is 35.2 Å². The SMILES string of the molecule is CC(C)(C)[C@H](c1nc(-c2cc(F)ccc2F)nn1Cc1ccccc1)N(C[C@@H](F)CN)C(=O)c1cccnc1. The molecular weight excluding hydrogens is 505 g/mol. The van der Waals surface area contributed by atoms with Crippen LogP contribution in [0.1, 0.15) is 48.6 Å². The van der Waals surface area contributed by atoms with Crippen molar-refractivity contribution in [2.75, 3.05) is 13.1 Å². The third kappa shape index (κ3) is 6.51. The Morgan fingerprint density at radius 3 is 2.46 bits per heavy atom. The van der Waals surface area contributed by atoms with Crippen LogP contribution in [0.15, 0.2) is 73.1 Å². The largest absolute Gasteiger partial charge is 0.328 e. The highest BCUT2D eigenvalue weighted by Gasteiger charge is 2.40. The summed E-state index contributed by atoms with van der Waals surface area (Å²) >= 11 is 0. The van der Waals surface area contributed by atoms with E-state index in [4.69, 9.17) is 5.73 Å². The van der Waals surface area contributed by atoms with Gasteiger partial charge in [0.25, 0.3) is 5.91 Å². The van der Waals surface area contributed by atoms with Crippen molar-refractivity contribution in [3.63, 3.8) is 0 Å². The van der Waals surface area contributed by atoms with Gasteiger partial charge in [0.15, 0.2) is 11.6 Å². The molecule has 0 saturated carbocycles. The monoisotopic (exact) mass is 536 g/mol. The van der Waals surface area contributed by atoms with Gasteiger partial charge in [-0.15, -0.1) is 0 Å². The van der Waals surface area contributed by atoms with Crippen molar-refractivity contribution < 1.29 is 18.0 Å². The molecule has 2 atom stereocenters. The number of rotatable bonds is 9. The van der Waals surface area contributed by atoms with Gasteiger partial charge in [0.05, 0.1) is 30.3 Å². The molecule has 0 aliphatic heterocycles. The standard InChI is InChI=1S/C29H31F3N6O/c1-29(2,3)25(37(18-22(31)15-33)28(39)20-10-7-13-34-16-20)27-35-26(23-14-21(30)11-12-24(23)32)36-38(27)17-19-8-5-4-6-9-19/h4-14,16,22,25H,15,17-18,33H2,1-3H3/t22-,25-/m0/s1. The van der Waals surface area contributed by atoms with Crippen LogP contribution >= 0.6 is 0 Å². The zero-order chi connectivity index (χ0) is 28.2. The first-order valence-corrected chi connectivity index (χ1v) is 12.6. The summed E-state index contributed by atoms with van der Waals surface area (Å²) in [5.41, 5.74) is 5.94. The highest BCUT2D eigenvalue weighted by Crippen LogP contribution is 2.39. The summed E-state index contributed by atoms with van der Waals surface area (Å²) in [5.74, 6) is -1.55. The average molecular weight is 537 g/mol. The number of nitrogens with zero attached hydrogens (tertiary/aromatic N) is 5. The first-order valence-electron chi connectivity index (χ1n) is 12.6. The fourth-order valence-electron chi connectivity index (χ4n) is 4.45. The molecule has 0 fully saturated rings. The summed E-state index contributed by atoms with van der Waals surface area (Å²) in [6, 6.07) is 14.8. The lowest BCUT2D eigenvalue weighted by molar-refractivity contribution is 0.0399. The number of nitrogens with two attached hydrogens (primary N) is 1. The second-order valence-corrected chi connectivity index (χ2v) is 10.4. The van der Waals surface area contributed by atoms with Crippen LogP contribution in [0.3, 0.4) is 0 Å². The molecule has 0 saturated heterocycles. The van der Waals surface area contributed by atoms with Crippen molar-refractivity contribution in [1.29, 1.82) is 0 Å². The Labute approximate surface area is 225 Å². The number of pyridine rings is 1. The molecule has 0 unspecified atom stereocenters. The molecule has 7 nitrogen and oxygen atoms in total. The molecule has 4 aromatic rings. The molecule has 2 heterocycles. The number of hydrogen-bond acceptors (Lipinski definition) is 5. The predicted molar refractivity (Wildman–Crippen MR) is 142 cm³/mol. The maximum Gasteiger partial charge on any atom is 0.256 e. The topological polar surface area (TPSA) is 89.9 Å². The Bertz CT molecular complexity index is 1410. The molecule has 0 aliphatic rings. The number of amides is 1. The molecule has 0 bridgehead atoms. The first kappa shape index (κ1) is 28.0. The Kier molecular flexibility index (Phi) is 8.44. The molecule has 2 N–H and O–H groups in total. The van der Waals surface area contributed by atoms with Crippen LogP contribution in [0.2, 0.25) is 0 Å². The van der Waals surface area contributed by atoms with Gasteiger partial charge in [0, 0.05) is 18.9 Å². The summed E-state index contributed by atoms with van der Waals surface area (Å²) in [6.45, 7) is 5.30. The van der Waals surface area contributed by atoms with Crippen LogP contribution in [0.4, 0.5) is 13.2 Å². The van der Waals surface area contributed by atoms with E-state index in [2.05, 4.69) is 15.1 Å². The van der Waals surface area contributed by atoms with Crippen LogP contribution < -0.4 is 5.73 Å².